The first-order valence-electron chi connectivity index (χ1n) is 9.70. The van der Waals surface area contributed by atoms with Gasteiger partial charge in [0.1, 0.15) is 6.04 Å². The lowest BCUT2D eigenvalue weighted by atomic mass is 10.0. The van der Waals surface area contributed by atoms with Gasteiger partial charge in [-0.05, 0) is 30.5 Å². The molecule has 1 N–H and O–H groups in total. The van der Waals surface area contributed by atoms with Crippen molar-refractivity contribution >= 4 is 27.3 Å². The zero-order valence-corrected chi connectivity index (χ0v) is 17.6. The number of benzene rings is 1. The number of carbonyl (C=O) groups excluding carboxylic acids is 1. The summed E-state index contributed by atoms with van der Waals surface area (Å²) in [7, 11) is -3.48. The smallest absolute Gasteiger partial charge is 0.277 e. The zero-order chi connectivity index (χ0) is 19.7. The fourth-order valence-corrected chi connectivity index (χ4v) is 6.54. The molecule has 3 heterocycles. The molecule has 1 aromatic heterocycles. The van der Waals surface area contributed by atoms with Crippen LogP contribution in [0.5, 0.6) is 0 Å². The summed E-state index contributed by atoms with van der Waals surface area (Å²) in [6, 6.07) is 11.0. The third-order valence-electron chi connectivity index (χ3n) is 5.88. The van der Waals surface area contributed by atoms with Crippen molar-refractivity contribution in [1.82, 2.24) is 9.21 Å². The molecule has 2 atom stereocenters. The number of nitrogens with zero attached hydrogens (tertiary/aromatic N) is 2. The molecule has 1 unspecified atom stereocenters. The van der Waals surface area contributed by atoms with Crippen LogP contribution < -0.4 is 4.90 Å². The highest BCUT2D eigenvalue weighted by atomic mass is 32.2. The van der Waals surface area contributed by atoms with Crippen molar-refractivity contribution < 1.29 is 18.1 Å². The molecule has 1 amide bonds. The third-order valence-corrected chi connectivity index (χ3v) is 8.79. The van der Waals surface area contributed by atoms with E-state index in [0.717, 1.165) is 13.0 Å². The largest absolute Gasteiger partial charge is 0.335 e. The highest BCUT2D eigenvalue weighted by Gasteiger charge is 2.34. The number of rotatable bonds is 4. The molecule has 2 aromatic rings. The second kappa shape index (κ2) is 7.94. The topological polar surface area (TPSA) is 62.1 Å². The Balaban J connectivity index is 1.35. The Morgan fingerprint density at radius 3 is 2.57 bits per heavy atom. The molecule has 0 spiro atoms. The van der Waals surface area contributed by atoms with Gasteiger partial charge < -0.3 is 9.80 Å². The van der Waals surface area contributed by atoms with Gasteiger partial charge in [-0.1, -0.05) is 18.2 Å². The van der Waals surface area contributed by atoms with Gasteiger partial charge in [0.25, 0.3) is 5.91 Å². The van der Waals surface area contributed by atoms with Gasteiger partial charge in [-0.3, -0.25) is 4.79 Å². The Hall–Kier alpha value is -1.74. The standard InChI is InChI=1S/C20H25N3O3S2/c1-16-18-8-14-27-19(18)7-9-22(16)15-20(24)21-10-12-23(13-11-21)28(25,26)17-5-3-2-4-6-17/h2-6,8,14,16H,7,9-13,15H2,1H3/p+1/t16-/m0/s1. The summed E-state index contributed by atoms with van der Waals surface area (Å²) in [5, 5.41) is 2.14. The first-order chi connectivity index (χ1) is 13.5. The van der Waals surface area contributed by atoms with Gasteiger partial charge in [0.15, 0.2) is 6.54 Å². The monoisotopic (exact) mass is 420 g/mol. The van der Waals surface area contributed by atoms with Crippen molar-refractivity contribution in [2.24, 2.45) is 0 Å². The first-order valence-corrected chi connectivity index (χ1v) is 12.0. The van der Waals surface area contributed by atoms with Gasteiger partial charge in [-0.25, -0.2) is 8.42 Å². The number of hydrogen-bond donors (Lipinski definition) is 1. The number of hydrogen-bond acceptors (Lipinski definition) is 4. The Morgan fingerprint density at radius 2 is 1.86 bits per heavy atom. The van der Waals surface area contributed by atoms with Crippen molar-refractivity contribution in [3.63, 3.8) is 0 Å². The Bertz CT molecular complexity index is 935. The van der Waals surface area contributed by atoms with E-state index in [4.69, 9.17) is 0 Å². The van der Waals surface area contributed by atoms with Gasteiger partial charge in [0.05, 0.1) is 11.4 Å². The summed E-state index contributed by atoms with van der Waals surface area (Å²) >= 11 is 1.81. The number of carbonyl (C=O) groups is 1. The molecule has 1 aromatic carbocycles. The second-order valence-electron chi connectivity index (χ2n) is 7.45. The lowest BCUT2D eigenvalue weighted by Gasteiger charge is -2.36. The maximum absolute atomic E-state index is 12.8. The normalized spacial score (nSPS) is 23.4. The molecule has 28 heavy (non-hydrogen) atoms. The van der Waals surface area contributed by atoms with Crippen molar-refractivity contribution in [2.45, 2.75) is 24.3 Å². The quantitative estimate of drug-likeness (QED) is 0.795. The number of fused-ring (bicyclic) bond motifs is 1. The summed E-state index contributed by atoms with van der Waals surface area (Å²) in [5.41, 5.74) is 1.37. The molecule has 1 fully saturated rings. The number of nitrogens with one attached hydrogen (secondary N) is 1. The predicted octanol–water partition coefficient (Wildman–Crippen LogP) is 0.783. The summed E-state index contributed by atoms with van der Waals surface area (Å²) in [6.45, 7) is 5.25. The minimum atomic E-state index is -3.48. The maximum atomic E-state index is 12.8. The van der Waals surface area contributed by atoms with E-state index in [-0.39, 0.29) is 5.91 Å². The van der Waals surface area contributed by atoms with Crippen LogP contribution in [-0.4, -0.2) is 62.8 Å². The van der Waals surface area contributed by atoms with E-state index >= 15 is 0 Å². The SMILES string of the molecule is C[C@H]1c2ccsc2CC[NH+]1CC(=O)N1CCN(S(=O)(=O)c2ccccc2)CC1. The molecule has 0 aliphatic carbocycles. The first kappa shape index (κ1) is 19.6. The summed E-state index contributed by atoms with van der Waals surface area (Å²) < 4.78 is 27.0. The fourth-order valence-electron chi connectivity index (χ4n) is 4.12. The van der Waals surface area contributed by atoms with E-state index in [1.54, 1.807) is 30.3 Å². The average Bonchev–Trinajstić information content (AvgIpc) is 3.20. The van der Waals surface area contributed by atoms with E-state index < -0.39 is 10.0 Å². The predicted molar refractivity (Wildman–Crippen MR) is 109 cm³/mol. The number of thiophene rings is 1. The minimum absolute atomic E-state index is 0.122. The minimum Gasteiger partial charge on any atom is -0.335 e. The molecule has 4 rings (SSSR count). The Kier molecular flexibility index (Phi) is 5.55. The van der Waals surface area contributed by atoms with Crippen LogP contribution in [0.1, 0.15) is 23.4 Å². The number of quaternary nitrogens is 1. The second-order valence-corrected chi connectivity index (χ2v) is 10.4. The van der Waals surface area contributed by atoms with Crippen LogP contribution in [0.4, 0.5) is 0 Å². The van der Waals surface area contributed by atoms with E-state index in [9.17, 15) is 13.2 Å². The van der Waals surface area contributed by atoms with Crippen molar-refractivity contribution in [2.75, 3.05) is 39.3 Å². The van der Waals surface area contributed by atoms with Gasteiger partial charge in [0, 0.05) is 43.0 Å². The number of amides is 1. The van der Waals surface area contributed by atoms with Crippen molar-refractivity contribution in [3.8, 4) is 0 Å². The van der Waals surface area contributed by atoms with Crippen LogP contribution in [0.2, 0.25) is 0 Å². The lowest BCUT2D eigenvalue weighted by Crippen LogP contribution is -3.14. The molecular weight excluding hydrogens is 394 g/mol. The van der Waals surface area contributed by atoms with Crippen LogP contribution in [0.15, 0.2) is 46.7 Å². The van der Waals surface area contributed by atoms with Crippen molar-refractivity contribution in [3.05, 3.63) is 52.2 Å². The van der Waals surface area contributed by atoms with Gasteiger partial charge in [0.2, 0.25) is 10.0 Å². The maximum Gasteiger partial charge on any atom is 0.277 e. The molecule has 1 saturated heterocycles. The van der Waals surface area contributed by atoms with Crippen molar-refractivity contribution in [1.29, 1.82) is 0 Å². The molecule has 8 heteroatoms. The third kappa shape index (κ3) is 3.74. The molecule has 0 saturated carbocycles. The molecule has 150 valence electrons. The van der Waals surface area contributed by atoms with Crippen LogP contribution in [0.25, 0.3) is 0 Å². The number of sulfonamides is 1. The van der Waals surface area contributed by atoms with E-state index in [1.165, 1.54) is 19.6 Å². The van der Waals surface area contributed by atoms with Crippen LogP contribution in [0.3, 0.4) is 0 Å². The Labute approximate surface area is 170 Å². The van der Waals surface area contributed by atoms with Crippen LogP contribution in [0, 0.1) is 0 Å². The van der Waals surface area contributed by atoms with E-state index in [1.807, 2.05) is 16.2 Å². The number of piperazine rings is 1. The molecule has 2 aliphatic rings. The summed E-state index contributed by atoms with van der Waals surface area (Å²) in [5.74, 6) is 0.122. The molecule has 6 nitrogen and oxygen atoms in total. The summed E-state index contributed by atoms with van der Waals surface area (Å²) in [6.07, 6.45) is 1.03. The molecule has 0 bridgehead atoms. The zero-order valence-electron chi connectivity index (χ0n) is 16.0. The lowest BCUT2D eigenvalue weighted by molar-refractivity contribution is -0.924. The highest BCUT2D eigenvalue weighted by Crippen LogP contribution is 2.24. The van der Waals surface area contributed by atoms with Gasteiger partial charge in [-0.15, -0.1) is 11.3 Å². The highest BCUT2D eigenvalue weighted by molar-refractivity contribution is 7.89. The van der Waals surface area contributed by atoms with E-state index in [2.05, 4.69) is 18.4 Å². The average molecular weight is 421 g/mol. The fraction of sp³-hybridized carbons (Fsp3) is 0.450. The van der Waals surface area contributed by atoms with Crippen LogP contribution >= 0.6 is 11.3 Å². The Morgan fingerprint density at radius 1 is 1.14 bits per heavy atom. The van der Waals surface area contributed by atoms with Gasteiger partial charge in [-0.2, -0.15) is 4.31 Å². The van der Waals surface area contributed by atoms with E-state index in [0.29, 0.717) is 43.7 Å². The van der Waals surface area contributed by atoms with Gasteiger partial charge >= 0.3 is 0 Å². The molecule has 0 radical (unpaired) electrons. The molecule has 2 aliphatic heterocycles. The van der Waals surface area contributed by atoms with Crippen LogP contribution in [-0.2, 0) is 21.2 Å². The molecular formula is C20H26N3O3S2+. The summed E-state index contributed by atoms with van der Waals surface area (Å²) in [4.78, 5) is 17.7.